The Morgan fingerprint density at radius 2 is 1.83 bits per heavy atom. The van der Waals surface area contributed by atoms with E-state index in [4.69, 9.17) is 14.2 Å². The summed E-state index contributed by atoms with van der Waals surface area (Å²) in [4.78, 5) is 0. The summed E-state index contributed by atoms with van der Waals surface area (Å²) in [6.07, 6.45) is 0.00770. The van der Waals surface area contributed by atoms with Gasteiger partial charge in [0, 0.05) is 18.1 Å². The SMILES string of the molecule is OC(c1ccc(O[C@@H]2CCOC2)cc1)c1ccc(F)cc1OCc1ccccc1. The van der Waals surface area contributed by atoms with Crippen LogP contribution in [0.4, 0.5) is 4.39 Å². The summed E-state index contributed by atoms with van der Waals surface area (Å²) in [6.45, 7) is 1.61. The molecular formula is C24H23FO4. The van der Waals surface area contributed by atoms with E-state index in [0.717, 1.165) is 24.3 Å². The molecular weight excluding hydrogens is 371 g/mol. The molecule has 0 amide bonds. The fourth-order valence-electron chi connectivity index (χ4n) is 3.30. The van der Waals surface area contributed by atoms with Gasteiger partial charge in [0.15, 0.2) is 0 Å². The first-order valence-corrected chi connectivity index (χ1v) is 9.67. The number of ether oxygens (including phenoxy) is 3. The Balaban J connectivity index is 1.49. The van der Waals surface area contributed by atoms with Gasteiger partial charge in [0.1, 0.15) is 36.1 Å². The Morgan fingerprint density at radius 3 is 2.55 bits per heavy atom. The average molecular weight is 394 g/mol. The van der Waals surface area contributed by atoms with E-state index in [2.05, 4.69) is 0 Å². The maximum atomic E-state index is 13.8. The number of hydrogen-bond donors (Lipinski definition) is 1. The molecule has 4 rings (SSSR count). The Labute approximate surface area is 169 Å². The molecule has 0 spiro atoms. The molecule has 3 aromatic rings. The van der Waals surface area contributed by atoms with Gasteiger partial charge in [0.25, 0.3) is 0 Å². The van der Waals surface area contributed by atoms with Crippen molar-refractivity contribution in [2.75, 3.05) is 13.2 Å². The van der Waals surface area contributed by atoms with E-state index in [1.54, 1.807) is 18.2 Å². The van der Waals surface area contributed by atoms with Crippen molar-refractivity contribution in [1.29, 1.82) is 0 Å². The van der Waals surface area contributed by atoms with Gasteiger partial charge in [0.2, 0.25) is 0 Å². The van der Waals surface area contributed by atoms with Crippen molar-refractivity contribution >= 4 is 0 Å². The number of benzene rings is 3. The minimum Gasteiger partial charge on any atom is -0.488 e. The molecule has 0 bridgehead atoms. The predicted octanol–water partition coefficient (Wildman–Crippen LogP) is 4.65. The second kappa shape index (κ2) is 9.07. The van der Waals surface area contributed by atoms with Gasteiger partial charge in [-0.2, -0.15) is 0 Å². The van der Waals surface area contributed by atoms with Crippen LogP contribution in [-0.4, -0.2) is 24.4 Å². The third-order valence-corrected chi connectivity index (χ3v) is 4.89. The molecule has 1 aliphatic rings. The first kappa shape index (κ1) is 19.4. The summed E-state index contributed by atoms with van der Waals surface area (Å²) in [7, 11) is 0. The van der Waals surface area contributed by atoms with E-state index in [-0.39, 0.29) is 6.10 Å². The molecule has 0 saturated carbocycles. The Kier molecular flexibility index (Phi) is 6.08. The number of rotatable bonds is 7. The summed E-state index contributed by atoms with van der Waals surface area (Å²) in [5, 5.41) is 10.9. The van der Waals surface area contributed by atoms with Crippen molar-refractivity contribution in [3.05, 3.63) is 95.3 Å². The molecule has 2 atom stereocenters. The van der Waals surface area contributed by atoms with Crippen molar-refractivity contribution in [1.82, 2.24) is 0 Å². The average Bonchev–Trinajstić information content (AvgIpc) is 3.26. The highest BCUT2D eigenvalue weighted by atomic mass is 19.1. The third kappa shape index (κ3) is 4.94. The van der Waals surface area contributed by atoms with Crippen molar-refractivity contribution in [2.24, 2.45) is 0 Å². The topological polar surface area (TPSA) is 47.9 Å². The molecule has 1 saturated heterocycles. The van der Waals surface area contributed by atoms with Crippen molar-refractivity contribution in [2.45, 2.75) is 25.2 Å². The molecule has 1 aliphatic heterocycles. The zero-order valence-electron chi connectivity index (χ0n) is 16.0. The first-order valence-electron chi connectivity index (χ1n) is 9.67. The number of aliphatic hydroxyl groups is 1. The molecule has 3 aromatic carbocycles. The monoisotopic (exact) mass is 394 g/mol. The number of hydrogen-bond acceptors (Lipinski definition) is 4. The first-order chi connectivity index (χ1) is 14.2. The van der Waals surface area contributed by atoms with Gasteiger partial charge in [-0.15, -0.1) is 0 Å². The minimum atomic E-state index is -0.940. The van der Waals surface area contributed by atoms with Crippen molar-refractivity contribution < 1.29 is 23.7 Å². The van der Waals surface area contributed by atoms with E-state index in [1.165, 1.54) is 12.1 Å². The molecule has 4 nitrogen and oxygen atoms in total. The smallest absolute Gasteiger partial charge is 0.128 e. The molecule has 1 heterocycles. The van der Waals surface area contributed by atoms with Gasteiger partial charge in [-0.1, -0.05) is 42.5 Å². The maximum absolute atomic E-state index is 13.8. The fraction of sp³-hybridized carbons (Fsp3) is 0.250. The highest BCUT2D eigenvalue weighted by molar-refractivity contribution is 5.42. The van der Waals surface area contributed by atoms with Crippen LogP contribution >= 0.6 is 0 Å². The molecule has 0 radical (unpaired) electrons. The van der Waals surface area contributed by atoms with Gasteiger partial charge < -0.3 is 19.3 Å². The van der Waals surface area contributed by atoms with Gasteiger partial charge >= 0.3 is 0 Å². The van der Waals surface area contributed by atoms with E-state index in [0.29, 0.717) is 30.1 Å². The lowest BCUT2D eigenvalue weighted by molar-refractivity contribution is 0.141. The minimum absolute atomic E-state index is 0.0702. The molecule has 5 heteroatoms. The van der Waals surface area contributed by atoms with Crippen LogP contribution in [0.1, 0.15) is 29.2 Å². The van der Waals surface area contributed by atoms with E-state index in [9.17, 15) is 9.50 Å². The molecule has 29 heavy (non-hydrogen) atoms. The van der Waals surface area contributed by atoms with Gasteiger partial charge in [-0.3, -0.25) is 0 Å². The molecule has 150 valence electrons. The Bertz CT molecular complexity index is 921. The molecule has 1 fully saturated rings. The van der Waals surface area contributed by atoms with Crippen LogP contribution < -0.4 is 9.47 Å². The van der Waals surface area contributed by atoms with Gasteiger partial charge in [0.05, 0.1) is 13.2 Å². The Hall–Kier alpha value is -2.89. The maximum Gasteiger partial charge on any atom is 0.128 e. The molecule has 0 aliphatic carbocycles. The zero-order valence-corrected chi connectivity index (χ0v) is 16.0. The van der Waals surface area contributed by atoms with Gasteiger partial charge in [-0.25, -0.2) is 4.39 Å². The summed E-state index contributed by atoms with van der Waals surface area (Å²) >= 11 is 0. The van der Waals surface area contributed by atoms with E-state index in [1.807, 2.05) is 42.5 Å². The normalized spacial score (nSPS) is 17.1. The standard InChI is InChI=1S/C24H23FO4/c25-19-8-11-22(23(14-19)28-15-17-4-2-1-3-5-17)24(26)18-6-9-20(10-7-18)29-21-12-13-27-16-21/h1-11,14,21,24,26H,12-13,15-16H2/t21-,24?/m1/s1. The highest BCUT2D eigenvalue weighted by Gasteiger charge is 2.19. The second-order valence-corrected chi connectivity index (χ2v) is 7.03. The van der Waals surface area contributed by atoms with Crippen LogP contribution in [0.25, 0.3) is 0 Å². The second-order valence-electron chi connectivity index (χ2n) is 7.03. The zero-order chi connectivity index (χ0) is 20.1. The summed E-state index contributed by atoms with van der Waals surface area (Å²) < 4.78 is 30.8. The summed E-state index contributed by atoms with van der Waals surface area (Å²) in [5.41, 5.74) is 2.16. The number of halogens is 1. The third-order valence-electron chi connectivity index (χ3n) is 4.89. The molecule has 1 N–H and O–H groups in total. The fourth-order valence-corrected chi connectivity index (χ4v) is 3.30. The van der Waals surface area contributed by atoms with Crippen LogP contribution in [0.5, 0.6) is 11.5 Å². The largest absolute Gasteiger partial charge is 0.488 e. The van der Waals surface area contributed by atoms with Crippen LogP contribution in [0.15, 0.2) is 72.8 Å². The summed E-state index contributed by atoms with van der Waals surface area (Å²) in [6, 6.07) is 21.1. The van der Waals surface area contributed by atoms with E-state index < -0.39 is 11.9 Å². The molecule has 1 unspecified atom stereocenters. The van der Waals surface area contributed by atoms with Crippen molar-refractivity contribution in [3.8, 4) is 11.5 Å². The highest BCUT2D eigenvalue weighted by Crippen LogP contribution is 2.32. The van der Waals surface area contributed by atoms with Crippen LogP contribution in [0.2, 0.25) is 0 Å². The number of aliphatic hydroxyl groups excluding tert-OH is 1. The lowest BCUT2D eigenvalue weighted by Crippen LogP contribution is -2.15. The molecule has 0 aromatic heterocycles. The predicted molar refractivity (Wildman–Crippen MR) is 108 cm³/mol. The van der Waals surface area contributed by atoms with E-state index >= 15 is 0 Å². The van der Waals surface area contributed by atoms with Crippen LogP contribution in [0, 0.1) is 5.82 Å². The van der Waals surface area contributed by atoms with Gasteiger partial charge in [-0.05, 0) is 35.4 Å². The van der Waals surface area contributed by atoms with Crippen LogP contribution in [0.3, 0.4) is 0 Å². The lowest BCUT2D eigenvalue weighted by Gasteiger charge is -2.18. The quantitative estimate of drug-likeness (QED) is 0.634. The van der Waals surface area contributed by atoms with Crippen LogP contribution in [-0.2, 0) is 11.3 Å². The Morgan fingerprint density at radius 1 is 1.03 bits per heavy atom. The summed E-state index contributed by atoms with van der Waals surface area (Å²) in [5.74, 6) is 0.646. The lowest BCUT2D eigenvalue weighted by atomic mass is 10.0. The van der Waals surface area contributed by atoms with Crippen molar-refractivity contribution in [3.63, 3.8) is 0 Å².